The molecule has 2 rings (SSSR count). The first-order valence-electron chi connectivity index (χ1n) is 6.30. The predicted octanol–water partition coefficient (Wildman–Crippen LogP) is 1.15. The third-order valence-corrected chi connectivity index (χ3v) is 5.20. The first-order chi connectivity index (χ1) is 9.07. The molecule has 1 aromatic rings. The molecule has 7 heteroatoms. The van der Waals surface area contributed by atoms with Gasteiger partial charge in [0.05, 0.1) is 6.61 Å². The number of hydrogen-bond donors (Lipinski definition) is 1. The number of sulfonamides is 1. The van der Waals surface area contributed by atoms with Gasteiger partial charge in [0.2, 0.25) is 5.03 Å². The minimum absolute atomic E-state index is 0.256. The molecule has 2 heterocycles. The quantitative estimate of drug-likeness (QED) is 0.905. The van der Waals surface area contributed by atoms with Crippen LogP contribution in [0.25, 0.3) is 0 Å². The summed E-state index contributed by atoms with van der Waals surface area (Å²) in [5.74, 6) is -0.858. The highest BCUT2D eigenvalue weighted by atomic mass is 32.2. The van der Waals surface area contributed by atoms with Gasteiger partial charge in [-0.3, -0.25) is 0 Å². The van der Waals surface area contributed by atoms with Crippen molar-refractivity contribution >= 4 is 10.0 Å². The minimum atomic E-state index is -3.99. The normalized spacial score (nSPS) is 22.1. The first-order valence-corrected chi connectivity index (χ1v) is 7.74. The highest BCUT2D eigenvalue weighted by Gasteiger charge is 2.34. The van der Waals surface area contributed by atoms with Crippen LogP contribution in [0.5, 0.6) is 0 Å². The fourth-order valence-electron chi connectivity index (χ4n) is 2.32. The molecule has 0 bridgehead atoms. The Labute approximate surface area is 112 Å². The van der Waals surface area contributed by atoms with Crippen LogP contribution in [0.3, 0.4) is 0 Å². The molecule has 1 aliphatic heterocycles. The van der Waals surface area contributed by atoms with Gasteiger partial charge in [0.25, 0.3) is 10.0 Å². The number of aromatic nitrogens is 1. The van der Waals surface area contributed by atoms with Crippen LogP contribution in [0.15, 0.2) is 23.4 Å². The van der Waals surface area contributed by atoms with E-state index in [-0.39, 0.29) is 6.61 Å². The Morgan fingerprint density at radius 3 is 2.89 bits per heavy atom. The summed E-state index contributed by atoms with van der Waals surface area (Å²) < 4.78 is 39.7. The largest absolute Gasteiger partial charge is 0.395 e. The second-order valence-corrected chi connectivity index (χ2v) is 6.40. The molecule has 0 saturated carbocycles. The van der Waals surface area contributed by atoms with Gasteiger partial charge in [-0.2, -0.15) is 4.31 Å². The van der Waals surface area contributed by atoms with E-state index in [1.165, 1.54) is 16.6 Å². The zero-order valence-corrected chi connectivity index (χ0v) is 11.3. The molecule has 5 nitrogen and oxygen atoms in total. The van der Waals surface area contributed by atoms with Crippen molar-refractivity contribution < 1.29 is 17.9 Å². The molecule has 1 unspecified atom stereocenters. The van der Waals surface area contributed by atoms with Crippen LogP contribution in [0.2, 0.25) is 0 Å². The Kier molecular flexibility index (Phi) is 4.49. The minimum Gasteiger partial charge on any atom is -0.395 e. The summed E-state index contributed by atoms with van der Waals surface area (Å²) in [5, 5.41) is 8.79. The second-order valence-electron chi connectivity index (χ2n) is 4.59. The lowest BCUT2D eigenvalue weighted by atomic mass is 10.1. The molecule has 1 saturated heterocycles. The molecule has 0 aromatic carbocycles. The third-order valence-electron chi connectivity index (χ3n) is 3.31. The number of hydrogen-bond acceptors (Lipinski definition) is 4. The summed E-state index contributed by atoms with van der Waals surface area (Å²) >= 11 is 0. The van der Waals surface area contributed by atoms with Gasteiger partial charge in [0.15, 0.2) is 5.82 Å². The highest BCUT2D eigenvalue weighted by molar-refractivity contribution is 7.89. The summed E-state index contributed by atoms with van der Waals surface area (Å²) in [6.07, 6.45) is 4.32. The molecular formula is C12H17FN2O3S. The lowest BCUT2D eigenvalue weighted by Gasteiger charge is -2.27. The monoisotopic (exact) mass is 288 g/mol. The molecule has 1 aliphatic rings. The van der Waals surface area contributed by atoms with Gasteiger partial charge in [0.1, 0.15) is 0 Å². The van der Waals surface area contributed by atoms with Gasteiger partial charge in [-0.25, -0.2) is 17.8 Å². The molecule has 19 heavy (non-hydrogen) atoms. The van der Waals surface area contributed by atoms with E-state index < -0.39 is 26.9 Å². The van der Waals surface area contributed by atoms with Crippen LogP contribution in [0.1, 0.15) is 25.7 Å². The standard InChI is InChI=1S/C12H17FN2O3S/c13-11-6-4-7-14-12(11)19(17,18)15-8-3-1-2-5-10(15)9-16/h4,6-7,10,16H,1-3,5,8-9H2. The summed E-state index contributed by atoms with van der Waals surface area (Å²) in [6, 6.07) is 1.93. The van der Waals surface area contributed by atoms with Crippen LogP contribution < -0.4 is 0 Å². The molecule has 1 aromatic heterocycles. The Morgan fingerprint density at radius 1 is 1.42 bits per heavy atom. The van der Waals surface area contributed by atoms with Gasteiger partial charge in [0, 0.05) is 18.8 Å². The van der Waals surface area contributed by atoms with Gasteiger partial charge >= 0.3 is 0 Å². The van der Waals surface area contributed by atoms with Crippen LogP contribution >= 0.6 is 0 Å². The topological polar surface area (TPSA) is 70.5 Å². The molecule has 1 fully saturated rings. The molecule has 106 valence electrons. The van der Waals surface area contributed by atoms with E-state index in [1.807, 2.05) is 0 Å². The number of aliphatic hydroxyl groups excluding tert-OH is 1. The molecule has 0 amide bonds. The first kappa shape index (κ1) is 14.4. The lowest BCUT2D eigenvalue weighted by molar-refractivity contribution is 0.186. The van der Waals surface area contributed by atoms with Crippen molar-refractivity contribution in [1.82, 2.24) is 9.29 Å². The molecule has 0 aliphatic carbocycles. The number of halogens is 1. The average Bonchev–Trinajstić information content (AvgIpc) is 2.64. The summed E-state index contributed by atoms with van der Waals surface area (Å²) in [7, 11) is -3.99. The van der Waals surface area contributed by atoms with Gasteiger partial charge < -0.3 is 5.11 Å². The van der Waals surface area contributed by atoms with Crippen LogP contribution in [-0.2, 0) is 10.0 Å². The van der Waals surface area contributed by atoms with E-state index >= 15 is 0 Å². The molecular weight excluding hydrogens is 271 g/mol. The maximum absolute atomic E-state index is 13.6. The highest BCUT2D eigenvalue weighted by Crippen LogP contribution is 2.24. The predicted molar refractivity (Wildman–Crippen MR) is 67.4 cm³/mol. The number of pyridine rings is 1. The van der Waals surface area contributed by atoms with E-state index in [0.29, 0.717) is 19.4 Å². The smallest absolute Gasteiger partial charge is 0.263 e. The van der Waals surface area contributed by atoms with Crippen molar-refractivity contribution in [3.8, 4) is 0 Å². The van der Waals surface area contributed by atoms with Crippen molar-refractivity contribution in [2.45, 2.75) is 36.8 Å². The zero-order valence-electron chi connectivity index (χ0n) is 10.5. The van der Waals surface area contributed by atoms with E-state index in [1.54, 1.807) is 0 Å². The Bertz CT molecular complexity index is 536. The van der Waals surface area contributed by atoms with E-state index in [9.17, 15) is 17.9 Å². The summed E-state index contributed by atoms with van der Waals surface area (Å²) in [4.78, 5) is 3.64. The average molecular weight is 288 g/mol. The van der Waals surface area contributed by atoms with Gasteiger partial charge in [-0.1, -0.05) is 12.8 Å². The van der Waals surface area contributed by atoms with Crippen molar-refractivity contribution in [3.63, 3.8) is 0 Å². The van der Waals surface area contributed by atoms with E-state index in [2.05, 4.69) is 4.98 Å². The van der Waals surface area contributed by atoms with E-state index in [4.69, 9.17) is 0 Å². The van der Waals surface area contributed by atoms with Crippen molar-refractivity contribution in [1.29, 1.82) is 0 Å². The molecule has 1 N–H and O–H groups in total. The number of aliphatic hydroxyl groups is 1. The number of nitrogens with zero attached hydrogens (tertiary/aromatic N) is 2. The zero-order chi connectivity index (χ0) is 13.9. The lowest BCUT2D eigenvalue weighted by Crippen LogP contribution is -2.42. The Hall–Kier alpha value is -1.05. The molecule has 1 atom stereocenters. The maximum Gasteiger partial charge on any atom is 0.263 e. The second kappa shape index (κ2) is 5.94. The fourth-order valence-corrected chi connectivity index (χ4v) is 3.99. The SMILES string of the molecule is O=S(=O)(c1ncccc1F)N1CCCCCC1CO. The van der Waals surface area contributed by atoms with E-state index in [0.717, 1.165) is 18.9 Å². The van der Waals surface area contributed by atoms with Crippen molar-refractivity contribution in [2.75, 3.05) is 13.2 Å². The third kappa shape index (κ3) is 2.93. The van der Waals surface area contributed by atoms with Gasteiger partial charge in [-0.15, -0.1) is 0 Å². The fraction of sp³-hybridized carbons (Fsp3) is 0.583. The van der Waals surface area contributed by atoms with Crippen molar-refractivity contribution in [3.05, 3.63) is 24.1 Å². The van der Waals surface area contributed by atoms with Crippen molar-refractivity contribution in [2.24, 2.45) is 0 Å². The summed E-state index contributed by atoms with van der Waals surface area (Å²) in [5.41, 5.74) is 0. The van der Waals surface area contributed by atoms with Crippen LogP contribution in [0, 0.1) is 5.82 Å². The molecule has 0 radical (unpaired) electrons. The Morgan fingerprint density at radius 2 is 2.21 bits per heavy atom. The van der Waals surface area contributed by atoms with Gasteiger partial charge in [-0.05, 0) is 25.0 Å². The van der Waals surface area contributed by atoms with Crippen LogP contribution in [0.4, 0.5) is 4.39 Å². The molecule has 0 spiro atoms. The summed E-state index contributed by atoms with van der Waals surface area (Å²) in [6.45, 7) is 0.0389. The maximum atomic E-state index is 13.6. The number of rotatable bonds is 3. The Balaban J connectivity index is 2.39. The van der Waals surface area contributed by atoms with Crippen LogP contribution in [-0.4, -0.2) is 42.0 Å².